The molecule has 1 aromatic rings. The van der Waals surface area contributed by atoms with E-state index in [4.69, 9.17) is 4.74 Å². The summed E-state index contributed by atoms with van der Waals surface area (Å²) in [5.41, 5.74) is 1.98. The van der Waals surface area contributed by atoms with Crippen LogP contribution in [0.1, 0.15) is 50.2 Å². The molecule has 0 heterocycles. The number of hydrogen-bond acceptors (Lipinski definition) is 1. The molecule has 1 aromatic carbocycles. The maximum Gasteiger partial charge on any atom is 0.165 e. The van der Waals surface area contributed by atoms with Crippen molar-refractivity contribution in [2.75, 3.05) is 0 Å². The Kier molecular flexibility index (Phi) is 2.84. The van der Waals surface area contributed by atoms with Gasteiger partial charge < -0.3 is 4.74 Å². The lowest BCUT2D eigenvalue weighted by Gasteiger charge is -2.19. The topological polar surface area (TPSA) is 9.23 Å². The van der Waals surface area contributed by atoms with Crippen LogP contribution in [0, 0.1) is 24.6 Å². The number of halogens is 1. The summed E-state index contributed by atoms with van der Waals surface area (Å²) in [5.74, 6) is 2.37. The van der Waals surface area contributed by atoms with Gasteiger partial charge in [0.1, 0.15) is 0 Å². The van der Waals surface area contributed by atoms with Crippen LogP contribution in [0.2, 0.25) is 0 Å². The van der Waals surface area contributed by atoms with Crippen LogP contribution in [0.4, 0.5) is 4.39 Å². The van der Waals surface area contributed by atoms with Crippen molar-refractivity contribution in [1.29, 1.82) is 0 Å². The van der Waals surface area contributed by atoms with E-state index in [2.05, 4.69) is 19.9 Å². The Hall–Kier alpha value is -1.05. The number of ether oxygens (including phenoxy) is 1. The van der Waals surface area contributed by atoms with Crippen LogP contribution < -0.4 is 4.74 Å². The molecule has 0 spiro atoms. The molecular weight excluding hydrogens is 227 g/mol. The Bertz CT molecular complexity index is 433. The van der Waals surface area contributed by atoms with Gasteiger partial charge in [-0.15, -0.1) is 0 Å². The molecule has 2 unspecified atom stereocenters. The van der Waals surface area contributed by atoms with E-state index in [0.717, 1.165) is 35.8 Å². The molecule has 0 amide bonds. The molecule has 0 bridgehead atoms. The third-order valence-corrected chi connectivity index (χ3v) is 4.40. The first kappa shape index (κ1) is 12.0. The highest BCUT2D eigenvalue weighted by atomic mass is 19.1. The van der Waals surface area contributed by atoms with E-state index < -0.39 is 0 Å². The summed E-state index contributed by atoms with van der Waals surface area (Å²) in [6.07, 6.45) is 3.85. The van der Waals surface area contributed by atoms with Gasteiger partial charge in [-0.05, 0) is 61.1 Å². The molecular formula is C16H21FO. The summed E-state index contributed by atoms with van der Waals surface area (Å²) in [4.78, 5) is 0. The highest BCUT2D eigenvalue weighted by molar-refractivity contribution is 5.39. The van der Waals surface area contributed by atoms with Crippen molar-refractivity contribution in [3.63, 3.8) is 0 Å². The lowest BCUT2D eigenvalue weighted by molar-refractivity contribution is 0.184. The van der Waals surface area contributed by atoms with Gasteiger partial charge in [0.15, 0.2) is 11.6 Å². The summed E-state index contributed by atoms with van der Waals surface area (Å²) < 4.78 is 20.0. The van der Waals surface area contributed by atoms with Gasteiger partial charge in [0.25, 0.3) is 0 Å². The fraction of sp³-hybridized carbons (Fsp3) is 0.625. The molecule has 1 nitrogen and oxygen atoms in total. The summed E-state index contributed by atoms with van der Waals surface area (Å²) >= 11 is 0. The SMILES string of the molecule is Cc1cc(C(C)C)cc(F)c1OC1CC2C[C@H]2C1. The summed E-state index contributed by atoms with van der Waals surface area (Å²) in [7, 11) is 0. The molecule has 2 fully saturated rings. The minimum absolute atomic E-state index is 0.195. The predicted octanol–water partition coefficient (Wildman–Crippen LogP) is 4.43. The van der Waals surface area contributed by atoms with E-state index in [9.17, 15) is 4.39 Å². The van der Waals surface area contributed by atoms with Gasteiger partial charge in [-0.25, -0.2) is 4.39 Å². The molecule has 0 aliphatic heterocycles. The Balaban J connectivity index is 1.78. The van der Waals surface area contributed by atoms with Gasteiger partial charge in [-0.1, -0.05) is 19.9 Å². The standard InChI is InChI=1S/C16H21FO/c1-9(2)11-4-10(3)16(15(17)8-11)18-14-6-12-5-13(12)7-14/h4,8-9,12-14H,5-7H2,1-3H3/t12-,13?,14?/m0/s1. The monoisotopic (exact) mass is 248 g/mol. The molecule has 2 aliphatic rings. The zero-order valence-electron chi connectivity index (χ0n) is 11.4. The molecule has 0 N–H and O–H groups in total. The van der Waals surface area contributed by atoms with Crippen LogP contribution in [0.3, 0.4) is 0 Å². The second-order valence-corrected chi connectivity index (χ2v) is 6.27. The quantitative estimate of drug-likeness (QED) is 0.768. The van der Waals surface area contributed by atoms with Crippen LogP contribution in [0.25, 0.3) is 0 Å². The van der Waals surface area contributed by atoms with Crippen molar-refractivity contribution in [2.45, 2.75) is 52.1 Å². The minimum atomic E-state index is -0.195. The zero-order chi connectivity index (χ0) is 12.9. The number of aryl methyl sites for hydroxylation is 1. The zero-order valence-corrected chi connectivity index (χ0v) is 11.4. The van der Waals surface area contributed by atoms with E-state index in [1.807, 2.05) is 6.92 Å². The lowest BCUT2D eigenvalue weighted by Crippen LogP contribution is -2.15. The van der Waals surface area contributed by atoms with Crippen LogP contribution in [-0.2, 0) is 0 Å². The summed E-state index contributed by atoms with van der Waals surface area (Å²) in [5, 5.41) is 0. The molecule has 2 aliphatic carbocycles. The minimum Gasteiger partial charge on any atom is -0.487 e. The Labute approximate surface area is 108 Å². The lowest BCUT2D eigenvalue weighted by atomic mass is 10.0. The second kappa shape index (κ2) is 4.25. The van der Waals surface area contributed by atoms with Crippen molar-refractivity contribution in [1.82, 2.24) is 0 Å². The van der Waals surface area contributed by atoms with Gasteiger partial charge in [-0.3, -0.25) is 0 Å². The number of fused-ring (bicyclic) bond motifs is 1. The molecule has 0 radical (unpaired) electrons. The molecule has 18 heavy (non-hydrogen) atoms. The molecule has 3 rings (SSSR count). The van der Waals surface area contributed by atoms with E-state index >= 15 is 0 Å². The maximum absolute atomic E-state index is 14.1. The van der Waals surface area contributed by atoms with E-state index in [0.29, 0.717) is 11.7 Å². The van der Waals surface area contributed by atoms with E-state index in [-0.39, 0.29) is 11.9 Å². The number of rotatable bonds is 3. The van der Waals surface area contributed by atoms with Crippen LogP contribution >= 0.6 is 0 Å². The first-order chi connectivity index (χ1) is 8.54. The third kappa shape index (κ3) is 2.13. The molecule has 2 heteroatoms. The van der Waals surface area contributed by atoms with Gasteiger partial charge in [0, 0.05) is 0 Å². The highest BCUT2D eigenvalue weighted by Gasteiger charge is 2.47. The fourth-order valence-corrected chi connectivity index (χ4v) is 3.16. The van der Waals surface area contributed by atoms with Gasteiger partial charge >= 0.3 is 0 Å². The normalized spacial score (nSPS) is 29.5. The second-order valence-electron chi connectivity index (χ2n) is 6.27. The van der Waals surface area contributed by atoms with Gasteiger partial charge in [0.2, 0.25) is 0 Å². The first-order valence-electron chi connectivity index (χ1n) is 7.01. The summed E-state index contributed by atoms with van der Waals surface area (Å²) in [6.45, 7) is 6.11. The first-order valence-corrected chi connectivity index (χ1v) is 7.01. The number of hydrogen-bond donors (Lipinski definition) is 0. The smallest absolute Gasteiger partial charge is 0.165 e. The average Bonchev–Trinajstić information content (AvgIpc) is 2.91. The van der Waals surface area contributed by atoms with Crippen LogP contribution in [0.15, 0.2) is 12.1 Å². The van der Waals surface area contributed by atoms with E-state index in [1.54, 1.807) is 6.07 Å². The Morgan fingerprint density at radius 2 is 1.83 bits per heavy atom. The predicted molar refractivity (Wildman–Crippen MR) is 70.5 cm³/mol. The highest BCUT2D eigenvalue weighted by Crippen LogP contribution is 2.52. The molecule has 0 saturated heterocycles. The van der Waals surface area contributed by atoms with Crippen molar-refractivity contribution < 1.29 is 9.13 Å². The maximum atomic E-state index is 14.1. The largest absolute Gasteiger partial charge is 0.487 e. The molecule has 3 atom stereocenters. The van der Waals surface area contributed by atoms with E-state index in [1.165, 1.54) is 6.42 Å². The van der Waals surface area contributed by atoms with Crippen molar-refractivity contribution in [3.05, 3.63) is 29.1 Å². The average molecular weight is 248 g/mol. The van der Waals surface area contributed by atoms with Crippen LogP contribution in [0.5, 0.6) is 5.75 Å². The molecule has 0 aromatic heterocycles. The molecule has 98 valence electrons. The van der Waals surface area contributed by atoms with Crippen molar-refractivity contribution >= 4 is 0 Å². The van der Waals surface area contributed by atoms with Crippen molar-refractivity contribution in [3.8, 4) is 5.75 Å². The Morgan fingerprint density at radius 1 is 1.17 bits per heavy atom. The molecule has 2 saturated carbocycles. The van der Waals surface area contributed by atoms with Crippen molar-refractivity contribution in [2.24, 2.45) is 11.8 Å². The Morgan fingerprint density at radius 3 is 2.39 bits per heavy atom. The van der Waals surface area contributed by atoms with Gasteiger partial charge in [-0.2, -0.15) is 0 Å². The van der Waals surface area contributed by atoms with Gasteiger partial charge in [0.05, 0.1) is 6.10 Å². The fourth-order valence-electron chi connectivity index (χ4n) is 3.16. The summed E-state index contributed by atoms with van der Waals surface area (Å²) in [6, 6.07) is 3.68. The van der Waals surface area contributed by atoms with Crippen LogP contribution in [-0.4, -0.2) is 6.10 Å². The third-order valence-electron chi connectivity index (χ3n) is 4.40. The number of benzene rings is 1.